The molecule has 27 heavy (non-hydrogen) atoms. The Morgan fingerprint density at radius 2 is 1.93 bits per heavy atom. The molecule has 5 heteroatoms. The Morgan fingerprint density at radius 1 is 1.15 bits per heavy atom. The lowest BCUT2D eigenvalue weighted by Crippen LogP contribution is -2.43. The summed E-state index contributed by atoms with van der Waals surface area (Å²) in [5.74, 6) is 0.0805. The number of amides is 1. The third kappa shape index (κ3) is 3.60. The summed E-state index contributed by atoms with van der Waals surface area (Å²) in [5, 5.41) is 8.59. The maximum Gasteiger partial charge on any atom is 0.224 e. The van der Waals surface area contributed by atoms with Crippen LogP contribution in [-0.4, -0.2) is 11.9 Å². The standard InChI is InChI=1S/C22H21ClN2OS/c1-14-11-21(24-19-6-4-18(23)5-7-19)20-12-16(17-9-10-27-13-17)3-8-22(20)25(14)15(2)26/h3-10,12-14,21,24H,11H2,1-2H3/t14-,21+/m1/s1. The van der Waals surface area contributed by atoms with Crippen molar-refractivity contribution in [1.29, 1.82) is 0 Å². The normalized spacial score (nSPS) is 18.9. The largest absolute Gasteiger partial charge is 0.378 e. The van der Waals surface area contributed by atoms with Crippen molar-refractivity contribution in [3.8, 4) is 11.1 Å². The number of halogens is 1. The Balaban J connectivity index is 1.76. The van der Waals surface area contributed by atoms with Gasteiger partial charge in [-0.15, -0.1) is 0 Å². The van der Waals surface area contributed by atoms with Crippen molar-refractivity contribution >= 4 is 40.2 Å². The third-order valence-corrected chi connectivity index (χ3v) is 5.99. The van der Waals surface area contributed by atoms with Crippen LogP contribution in [0, 0.1) is 0 Å². The number of rotatable bonds is 3. The fourth-order valence-corrected chi connectivity index (χ4v) is 4.63. The summed E-state index contributed by atoms with van der Waals surface area (Å²) in [6, 6.07) is 16.6. The zero-order chi connectivity index (χ0) is 19.0. The van der Waals surface area contributed by atoms with Crippen molar-refractivity contribution < 1.29 is 4.79 Å². The van der Waals surface area contributed by atoms with Gasteiger partial charge < -0.3 is 10.2 Å². The summed E-state index contributed by atoms with van der Waals surface area (Å²) < 4.78 is 0. The van der Waals surface area contributed by atoms with Gasteiger partial charge in [0.1, 0.15) is 0 Å². The summed E-state index contributed by atoms with van der Waals surface area (Å²) in [7, 11) is 0. The van der Waals surface area contributed by atoms with E-state index >= 15 is 0 Å². The second kappa shape index (κ2) is 7.37. The van der Waals surface area contributed by atoms with Gasteiger partial charge in [-0.05, 0) is 83.3 Å². The van der Waals surface area contributed by atoms with E-state index in [1.165, 1.54) is 11.1 Å². The minimum absolute atomic E-state index is 0.0805. The summed E-state index contributed by atoms with van der Waals surface area (Å²) in [5.41, 5.74) is 5.56. The molecule has 1 aliphatic rings. The number of hydrogen-bond donors (Lipinski definition) is 1. The molecule has 138 valence electrons. The lowest BCUT2D eigenvalue weighted by Gasteiger charge is -2.39. The van der Waals surface area contributed by atoms with E-state index in [1.807, 2.05) is 29.2 Å². The highest BCUT2D eigenvalue weighted by molar-refractivity contribution is 7.08. The average molecular weight is 397 g/mol. The van der Waals surface area contributed by atoms with Crippen molar-refractivity contribution in [1.82, 2.24) is 0 Å². The number of hydrogen-bond acceptors (Lipinski definition) is 3. The topological polar surface area (TPSA) is 32.3 Å². The van der Waals surface area contributed by atoms with Crippen LogP contribution in [0.5, 0.6) is 0 Å². The molecule has 4 rings (SSSR count). The van der Waals surface area contributed by atoms with Gasteiger partial charge in [0.25, 0.3) is 0 Å². The molecule has 2 heterocycles. The molecule has 0 saturated heterocycles. The molecule has 0 radical (unpaired) electrons. The van der Waals surface area contributed by atoms with Crippen LogP contribution in [0.25, 0.3) is 11.1 Å². The van der Waals surface area contributed by atoms with Gasteiger partial charge in [0, 0.05) is 29.4 Å². The van der Waals surface area contributed by atoms with Crippen molar-refractivity contribution in [2.24, 2.45) is 0 Å². The number of thiophene rings is 1. The first-order chi connectivity index (χ1) is 13.0. The number of benzene rings is 2. The van der Waals surface area contributed by atoms with E-state index in [-0.39, 0.29) is 18.0 Å². The van der Waals surface area contributed by atoms with Gasteiger partial charge in [0.2, 0.25) is 5.91 Å². The molecular weight excluding hydrogens is 376 g/mol. The summed E-state index contributed by atoms with van der Waals surface area (Å²) in [4.78, 5) is 14.2. The Bertz CT molecular complexity index is 953. The second-order valence-corrected chi connectivity index (χ2v) is 8.18. The molecule has 0 bridgehead atoms. The SMILES string of the molecule is CC(=O)N1c2ccc(-c3ccsc3)cc2[C@@H](Nc2ccc(Cl)cc2)C[C@H]1C. The molecule has 1 aliphatic heterocycles. The predicted octanol–water partition coefficient (Wildman–Crippen LogP) is 6.37. The van der Waals surface area contributed by atoms with Crippen LogP contribution in [0.3, 0.4) is 0 Å². The quantitative estimate of drug-likeness (QED) is 0.558. The van der Waals surface area contributed by atoms with Crippen LogP contribution in [0.15, 0.2) is 59.3 Å². The average Bonchev–Trinajstić information content (AvgIpc) is 3.18. The molecule has 1 N–H and O–H groups in total. The van der Waals surface area contributed by atoms with Crippen LogP contribution in [0.2, 0.25) is 5.02 Å². The molecule has 2 atom stereocenters. The molecule has 1 amide bonds. The van der Waals surface area contributed by atoms with E-state index in [0.29, 0.717) is 0 Å². The van der Waals surface area contributed by atoms with Crippen LogP contribution in [0.4, 0.5) is 11.4 Å². The van der Waals surface area contributed by atoms with E-state index in [4.69, 9.17) is 11.6 Å². The Labute approximate surface area is 168 Å². The van der Waals surface area contributed by atoms with Crippen LogP contribution in [0.1, 0.15) is 31.9 Å². The summed E-state index contributed by atoms with van der Waals surface area (Å²) in [6.07, 6.45) is 0.850. The first-order valence-electron chi connectivity index (χ1n) is 9.01. The van der Waals surface area contributed by atoms with E-state index in [0.717, 1.165) is 28.4 Å². The van der Waals surface area contributed by atoms with E-state index in [1.54, 1.807) is 18.3 Å². The number of carbonyl (C=O) groups is 1. The Morgan fingerprint density at radius 3 is 2.59 bits per heavy atom. The Kier molecular flexibility index (Phi) is 4.94. The molecule has 3 nitrogen and oxygen atoms in total. The van der Waals surface area contributed by atoms with Gasteiger partial charge in [-0.3, -0.25) is 4.79 Å². The van der Waals surface area contributed by atoms with Gasteiger partial charge in [0.05, 0.1) is 6.04 Å². The van der Waals surface area contributed by atoms with E-state index in [2.05, 4.69) is 47.3 Å². The lowest BCUT2D eigenvalue weighted by molar-refractivity contribution is -0.117. The first-order valence-corrected chi connectivity index (χ1v) is 10.3. The van der Waals surface area contributed by atoms with Crippen molar-refractivity contribution in [3.05, 3.63) is 69.9 Å². The summed E-state index contributed by atoms with van der Waals surface area (Å²) >= 11 is 7.71. The number of anilines is 2. The van der Waals surface area contributed by atoms with Crippen molar-refractivity contribution in [3.63, 3.8) is 0 Å². The predicted molar refractivity (Wildman–Crippen MR) is 115 cm³/mol. The minimum atomic E-state index is 0.0805. The van der Waals surface area contributed by atoms with Gasteiger partial charge in [0.15, 0.2) is 0 Å². The lowest BCUT2D eigenvalue weighted by atomic mass is 9.89. The molecule has 0 saturated carbocycles. The number of carbonyl (C=O) groups excluding carboxylic acids is 1. The molecule has 0 aliphatic carbocycles. The molecule has 0 fully saturated rings. The first kappa shape index (κ1) is 18.1. The maximum absolute atomic E-state index is 12.3. The molecule has 0 unspecified atom stereocenters. The second-order valence-electron chi connectivity index (χ2n) is 6.96. The zero-order valence-electron chi connectivity index (χ0n) is 15.3. The smallest absolute Gasteiger partial charge is 0.224 e. The fourth-order valence-electron chi connectivity index (χ4n) is 3.84. The van der Waals surface area contributed by atoms with Crippen LogP contribution < -0.4 is 10.2 Å². The highest BCUT2D eigenvalue weighted by Crippen LogP contribution is 2.41. The number of nitrogens with one attached hydrogen (secondary N) is 1. The monoisotopic (exact) mass is 396 g/mol. The maximum atomic E-state index is 12.3. The highest BCUT2D eigenvalue weighted by Gasteiger charge is 2.32. The molecule has 0 spiro atoms. The summed E-state index contributed by atoms with van der Waals surface area (Å²) in [6.45, 7) is 3.74. The molecular formula is C22H21ClN2OS. The van der Waals surface area contributed by atoms with E-state index in [9.17, 15) is 4.79 Å². The molecule has 2 aromatic carbocycles. The van der Waals surface area contributed by atoms with Crippen LogP contribution in [-0.2, 0) is 4.79 Å². The van der Waals surface area contributed by atoms with Gasteiger partial charge in [-0.2, -0.15) is 11.3 Å². The third-order valence-electron chi connectivity index (χ3n) is 5.06. The van der Waals surface area contributed by atoms with Crippen LogP contribution >= 0.6 is 22.9 Å². The van der Waals surface area contributed by atoms with Gasteiger partial charge in [-0.1, -0.05) is 17.7 Å². The minimum Gasteiger partial charge on any atom is -0.378 e. The van der Waals surface area contributed by atoms with E-state index < -0.39 is 0 Å². The number of fused-ring (bicyclic) bond motifs is 1. The van der Waals surface area contributed by atoms with Gasteiger partial charge in [-0.25, -0.2) is 0 Å². The van der Waals surface area contributed by atoms with Gasteiger partial charge >= 0.3 is 0 Å². The zero-order valence-corrected chi connectivity index (χ0v) is 16.8. The van der Waals surface area contributed by atoms with Crippen molar-refractivity contribution in [2.75, 3.05) is 10.2 Å². The molecule has 3 aromatic rings. The molecule has 1 aromatic heterocycles. The van der Waals surface area contributed by atoms with Crippen molar-refractivity contribution in [2.45, 2.75) is 32.4 Å². The number of nitrogens with zero attached hydrogens (tertiary/aromatic N) is 1. The Hall–Kier alpha value is -2.30. The fraction of sp³-hybridized carbons (Fsp3) is 0.227. The highest BCUT2D eigenvalue weighted by atomic mass is 35.5.